The van der Waals surface area contributed by atoms with E-state index in [9.17, 15) is 4.79 Å². The number of aryl methyl sites for hydroxylation is 1. The summed E-state index contributed by atoms with van der Waals surface area (Å²) in [5.74, 6) is -0.0829. The monoisotopic (exact) mass is 251 g/mol. The number of para-hydroxylation sites is 1. The second kappa shape index (κ2) is 4.24. The summed E-state index contributed by atoms with van der Waals surface area (Å²) in [4.78, 5) is 19.7. The molecule has 19 heavy (non-hydrogen) atoms. The molecule has 0 saturated carbocycles. The highest BCUT2D eigenvalue weighted by atomic mass is 16.1. The second-order valence-electron chi connectivity index (χ2n) is 4.47. The predicted octanol–water partition coefficient (Wildman–Crippen LogP) is 2.68. The highest BCUT2D eigenvalue weighted by molar-refractivity contribution is 6.18. The molecule has 3 aromatic rings. The number of aromatic amines is 1. The fourth-order valence-electron chi connectivity index (χ4n) is 2.17. The molecule has 4 heteroatoms. The van der Waals surface area contributed by atoms with E-state index in [0.29, 0.717) is 22.5 Å². The third-order valence-electron chi connectivity index (χ3n) is 3.26. The van der Waals surface area contributed by atoms with Crippen molar-refractivity contribution in [3.63, 3.8) is 0 Å². The van der Waals surface area contributed by atoms with Crippen LogP contribution in [-0.2, 0) is 0 Å². The Kier molecular flexibility index (Phi) is 2.56. The molecule has 0 aliphatic carbocycles. The molecule has 0 unspecified atom stereocenters. The van der Waals surface area contributed by atoms with Crippen LogP contribution in [0.3, 0.4) is 0 Å². The van der Waals surface area contributed by atoms with Gasteiger partial charge in [0.1, 0.15) is 5.65 Å². The number of fused-ring (bicyclic) bond motifs is 1. The first-order chi connectivity index (χ1) is 9.18. The molecule has 1 aromatic carbocycles. The van der Waals surface area contributed by atoms with Crippen LogP contribution in [-0.4, -0.2) is 15.8 Å². The summed E-state index contributed by atoms with van der Waals surface area (Å²) in [6.07, 6.45) is 3.37. The van der Waals surface area contributed by atoms with E-state index in [-0.39, 0.29) is 5.78 Å². The van der Waals surface area contributed by atoms with E-state index in [1.807, 2.05) is 31.2 Å². The highest BCUT2D eigenvalue weighted by Crippen LogP contribution is 2.24. The van der Waals surface area contributed by atoms with Crippen LogP contribution in [0.25, 0.3) is 11.0 Å². The maximum absolute atomic E-state index is 12.6. The van der Waals surface area contributed by atoms with Gasteiger partial charge in [0.2, 0.25) is 0 Å². The standard InChI is InChI=1S/C15H13N3O/c1-9-4-2-5-11(13(9)16)14(19)12-8-18-15-10(12)6-3-7-17-15/h2-8H,16H2,1H3,(H,17,18). The van der Waals surface area contributed by atoms with Crippen LogP contribution >= 0.6 is 0 Å². The summed E-state index contributed by atoms with van der Waals surface area (Å²) in [5, 5.41) is 0.813. The van der Waals surface area contributed by atoms with Gasteiger partial charge in [0, 0.05) is 34.6 Å². The van der Waals surface area contributed by atoms with Crippen molar-refractivity contribution in [2.75, 3.05) is 5.73 Å². The minimum Gasteiger partial charge on any atom is -0.398 e. The van der Waals surface area contributed by atoms with Gasteiger partial charge in [0.25, 0.3) is 0 Å². The van der Waals surface area contributed by atoms with E-state index >= 15 is 0 Å². The van der Waals surface area contributed by atoms with Crippen molar-refractivity contribution in [1.29, 1.82) is 0 Å². The Hall–Kier alpha value is -2.62. The number of nitrogens with zero attached hydrogens (tertiary/aromatic N) is 1. The summed E-state index contributed by atoms with van der Waals surface area (Å²) in [7, 11) is 0. The van der Waals surface area contributed by atoms with Gasteiger partial charge >= 0.3 is 0 Å². The zero-order valence-electron chi connectivity index (χ0n) is 10.5. The number of hydrogen-bond donors (Lipinski definition) is 2. The molecule has 2 aromatic heterocycles. The van der Waals surface area contributed by atoms with Gasteiger partial charge < -0.3 is 10.7 Å². The van der Waals surface area contributed by atoms with Gasteiger partial charge in [-0.05, 0) is 30.7 Å². The molecule has 0 radical (unpaired) electrons. The van der Waals surface area contributed by atoms with Crippen molar-refractivity contribution in [3.8, 4) is 0 Å². The smallest absolute Gasteiger partial charge is 0.197 e. The van der Waals surface area contributed by atoms with Crippen LogP contribution in [0.1, 0.15) is 21.5 Å². The first-order valence-corrected chi connectivity index (χ1v) is 6.00. The summed E-state index contributed by atoms with van der Waals surface area (Å²) in [6.45, 7) is 1.89. The molecule has 0 fully saturated rings. The van der Waals surface area contributed by atoms with Crippen LogP contribution in [0.2, 0.25) is 0 Å². The number of nitrogens with two attached hydrogens (primary N) is 1. The van der Waals surface area contributed by atoms with Crippen LogP contribution in [0, 0.1) is 6.92 Å². The summed E-state index contributed by atoms with van der Waals surface area (Å²) < 4.78 is 0. The second-order valence-corrected chi connectivity index (χ2v) is 4.47. The first kappa shape index (κ1) is 11.5. The fraction of sp³-hybridized carbons (Fsp3) is 0.0667. The number of hydrogen-bond acceptors (Lipinski definition) is 3. The Balaban J connectivity index is 2.17. The molecule has 2 heterocycles. The summed E-state index contributed by atoms with van der Waals surface area (Å²) in [5.41, 5.74) is 9.26. The fourth-order valence-corrected chi connectivity index (χ4v) is 2.17. The number of pyridine rings is 1. The number of nitrogen functional groups attached to an aromatic ring is 1. The molecule has 3 rings (SSSR count). The summed E-state index contributed by atoms with van der Waals surface area (Å²) in [6, 6.07) is 9.17. The molecule has 0 amide bonds. The van der Waals surface area contributed by atoms with Crippen molar-refractivity contribution in [3.05, 3.63) is 59.4 Å². The van der Waals surface area contributed by atoms with Gasteiger partial charge in [-0.3, -0.25) is 4.79 Å². The predicted molar refractivity (Wildman–Crippen MR) is 75.1 cm³/mol. The zero-order chi connectivity index (χ0) is 13.4. The molecule has 0 aliphatic rings. The third-order valence-corrected chi connectivity index (χ3v) is 3.26. The van der Waals surface area contributed by atoms with Crippen molar-refractivity contribution < 1.29 is 4.79 Å². The largest absolute Gasteiger partial charge is 0.398 e. The topological polar surface area (TPSA) is 71.8 Å². The Bertz CT molecular complexity index is 774. The van der Waals surface area contributed by atoms with Gasteiger partial charge in [-0.15, -0.1) is 0 Å². The zero-order valence-corrected chi connectivity index (χ0v) is 10.5. The van der Waals surface area contributed by atoms with Crippen molar-refractivity contribution in [2.45, 2.75) is 6.92 Å². The van der Waals surface area contributed by atoms with Crippen LogP contribution in [0.4, 0.5) is 5.69 Å². The molecule has 0 saturated heterocycles. The Morgan fingerprint density at radius 2 is 2.05 bits per heavy atom. The lowest BCUT2D eigenvalue weighted by atomic mass is 9.99. The molecule has 0 bridgehead atoms. The van der Waals surface area contributed by atoms with E-state index in [1.54, 1.807) is 18.5 Å². The number of carbonyl (C=O) groups is 1. The normalized spacial score (nSPS) is 10.8. The number of anilines is 1. The number of nitrogens with one attached hydrogen (secondary N) is 1. The van der Waals surface area contributed by atoms with Gasteiger partial charge in [0.05, 0.1) is 0 Å². The molecule has 0 spiro atoms. The molecular formula is C15H13N3O. The number of aromatic nitrogens is 2. The number of H-pyrrole nitrogens is 1. The Labute approximate surface area is 110 Å². The number of carbonyl (C=O) groups excluding carboxylic acids is 1. The molecular weight excluding hydrogens is 238 g/mol. The summed E-state index contributed by atoms with van der Waals surface area (Å²) >= 11 is 0. The van der Waals surface area contributed by atoms with E-state index < -0.39 is 0 Å². The number of rotatable bonds is 2. The van der Waals surface area contributed by atoms with Gasteiger partial charge in [-0.1, -0.05) is 12.1 Å². The SMILES string of the molecule is Cc1cccc(C(=O)c2c[nH]c3ncccc23)c1N. The van der Waals surface area contributed by atoms with Gasteiger partial charge in [-0.2, -0.15) is 0 Å². The van der Waals surface area contributed by atoms with Crippen molar-refractivity contribution in [1.82, 2.24) is 9.97 Å². The minimum absolute atomic E-state index is 0.0829. The number of benzene rings is 1. The molecule has 94 valence electrons. The Morgan fingerprint density at radius 1 is 1.21 bits per heavy atom. The molecule has 0 aliphatic heterocycles. The van der Waals surface area contributed by atoms with Crippen LogP contribution < -0.4 is 5.73 Å². The maximum atomic E-state index is 12.6. The Morgan fingerprint density at radius 3 is 2.89 bits per heavy atom. The van der Waals surface area contributed by atoms with Crippen LogP contribution in [0.5, 0.6) is 0 Å². The molecule has 4 nitrogen and oxygen atoms in total. The average Bonchev–Trinajstić information content (AvgIpc) is 2.85. The molecule has 3 N–H and O–H groups in total. The van der Waals surface area contributed by atoms with Crippen molar-refractivity contribution >= 4 is 22.5 Å². The quantitative estimate of drug-likeness (QED) is 0.543. The van der Waals surface area contributed by atoms with E-state index in [4.69, 9.17) is 5.73 Å². The lowest BCUT2D eigenvalue weighted by Gasteiger charge is -2.06. The average molecular weight is 251 g/mol. The van der Waals surface area contributed by atoms with E-state index in [2.05, 4.69) is 9.97 Å². The van der Waals surface area contributed by atoms with E-state index in [0.717, 1.165) is 10.9 Å². The number of ketones is 1. The molecule has 0 atom stereocenters. The maximum Gasteiger partial charge on any atom is 0.197 e. The third kappa shape index (κ3) is 1.78. The first-order valence-electron chi connectivity index (χ1n) is 6.00. The van der Waals surface area contributed by atoms with Crippen LogP contribution in [0.15, 0.2) is 42.7 Å². The van der Waals surface area contributed by atoms with E-state index in [1.165, 1.54) is 0 Å². The lowest BCUT2D eigenvalue weighted by Crippen LogP contribution is -2.06. The van der Waals surface area contributed by atoms with Gasteiger partial charge in [-0.25, -0.2) is 4.98 Å². The van der Waals surface area contributed by atoms with Crippen molar-refractivity contribution in [2.24, 2.45) is 0 Å². The highest BCUT2D eigenvalue weighted by Gasteiger charge is 2.17. The minimum atomic E-state index is -0.0829. The van der Waals surface area contributed by atoms with Gasteiger partial charge in [0.15, 0.2) is 5.78 Å². The lowest BCUT2D eigenvalue weighted by molar-refractivity contribution is 0.104.